The maximum atomic E-state index is 11.5. The standard InChI is InChI=1S/C10H22O6SSi2/c1-6-8-14-10-19(5,17(11,12)13)16-18(3,4)15-9-7-2/h6-7H,1-2,8-10H2,3-5H3,(H,11,12,13). The summed E-state index contributed by atoms with van der Waals surface area (Å²) < 4.78 is 48.7. The van der Waals surface area contributed by atoms with Crippen molar-refractivity contribution in [3.63, 3.8) is 0 Å². The van der Waals surface area contributed by atoms with Gasteiger partial charge < -0.3 is 13.3 Å². The molecule has 9 heteroatoms. The lowest BCUT2D eigenvalue weighted by atomic mass is 10.7. The highest BCUT2D eigenvalue weighted by atomic mass is 32.4. The third-order valence-corrected chi connectivity index (χ3v) is 12.9. The molecule has 0 saturated carbocycles. The van der Waals surface area contributed by atoms with Gasteiger partial charge >= 0.3 is 16.0 Å². The fourth-order valence-corrected chi connectivity index (χ4v) is 11.0. The van der Waals surface area contributed by atoms with E-state index in [4.69, 9.17) is 13.3 Å². The molecule has 0 heterocycles. The van der Waals surface area contributed by atoms with Crippen LogP contribution in [0.4, 0.5) is 0 Å². The van der Waals surface area contributed by atoms with Gasteiger partial charge in [-0.2, -0.15) is 0 Å². The van der Waals surface area contributed by atoms with E-state index in [1.165, 1.54) is 12.6 Å². The minimum Gasteiger partial charge on any atom is -0.421 e. The predicted molar refractivity (Wildman–Crippen MR) is 78.9 cm³/mol. The van der Waals surface area contributed by atoms with E-state index in [0.29, 0.717) is 0 Å². The number of ether oxygens (including phenoxy) is 1. The van der Waals surface area contributed by atoms with Crippen molar-refractivity contribution in [3.05, 3.63) is 25.3 Å². The van der Waals surface area contributed by atoms with Crippen molar-refractivity contribution in [3.8, 4) is 0 Å². The van der Waals surface area contributed by atoms with Gasteiger partial charge in [-0.15, -0.1) is 13.2 Å². The molecule has 0 saturated heterocycles. The van der Waals surface area contributed by atoms with Crippen LogP contribution in [0.2, 0.25) is 19.6 Å². The van der Waals surface area contributed by atoms with Gasteiger partial charge in [0.1, 0.15) is 0 Å². The predicted octanol–water partition coefficient (Wildman–Crippen LogP) is 1.61. The molecule has 0 spiro atoms. The Kier molecular flexibility index (Phi) is 7.36. The first-order valence-corrected chi connectivity index (χ1v) is 13.3. The molecule has 6 nitrogen and oxygen atoms in total. The molecule has 0 aromatic carbocycles. The molecule has 0 fully saturated rings. The lowest BCUT2D eigenvalue weighted by Gasteiger charge is -2.32. The van der Waals surface area contributed by atoms with Crippen LogP contribution in [-0.4, -0.2) is 48.4 Å². The molecule has 0 bridgehead atoms. The SMILES string of the molecule is C=CCOC[Si](C)(O[Si](C)(C)OCC=C)S(=O)(=O)O. The maximum Gasteiger partial charge on any atom is 0.376 e. The van der Waals surface area contributed by atoms with Crippen molar-refractivity contribution in [2.45, 2.75) is 19.6 Å². The van der Waals surface area contributed by atoms with E-state index in [2.05, 4.69) is 13.2 Å². The van der Waals surface area contributed by atoms with Crippen molar-refractivity contribution >= 4 is 25.6 Å². The molecule has 0 aliphatic heterocycles. The highest BCUT2D eigenvalue weighted by Gasteiger charge is 2.49. The minimum absolute atomic E-state index is 0.175. The van der Waals surface area contributed by atoms with Crippen LogP contribution in [-0.2, 0) is 22.8 Å². The third-order valence-electron chi connectivity index (χ3n) is 2.16. The Bertz CT molecular complexity index is 408. The third kappa shape index (κ3) is 6.61. The van der Waals surface area contributed by atoms with Crippen molar-refractivity contribution in [2.75, 3.05) is 19.4 Å². The second-order valence-corrected chi connectivity index (χ2v) is 16.1. The second-order valence-electron chi connectivity index (χ2n) is 4.51. The van der Waals surface area contributed by atoms with E-state index in [0.717, 1.165) is 0 Å². The zero-order valence-electron chi connectivity index (χ0n) is 11.6. The van der Waals surface area contributed by atoms with Crippen LogP contribution in [0.5, 0.6) is 0 Å². The van der Waals surface area contributed by atoms with E-state index in [-0.39, 0.29) is 19.4 Å². The van der Waals surface area contributed by atoms with Crippen LogP contribution < -0.4 is 0 Å². The highest BCUT2D eigenvalue weighted by molar-refractivity contribution is 8.17. The molecule has 1 unspecified atom stereocenters. The van der Waals surface area contributed by atoms with E-state index < -0.39 is 25.6 Å². The van der Waals surface area contributed by atoms with E-state index in [1.54, 1.807) is 19.2 Å². The van der Waals surface area contributed by atoms with Crippen molar-refractivity contribution < 1.29 is 26.2 Å². The van der Waals surface area contributed by atoms with Gasteiger partial charge in [0.15, 0.2) is 0 Å². The van der Waals surface area contributed by atoms with Crippen LogP contribution in [0.1, 0.15) is 0 Å². The lowest BCUT2D eigenvalue weighted by molar-refractivity contribution is 0.190. The molecule has 1 atom stereocenters. The average molecular weight is 327 g/mol. The van der Waals surface area contributed by atoms with Crippen molar-refractivity contribution in [1.82, 2.24) is 0 Å². The smallest absolute Gasteiger partial charge is 0.376 e. The van der Waals surface area contributed by atoms with Crippen LogP contribution in [0.15, 0.2) is 25.3 Å². The molecular formula is C10H22O6SSi2. The van der Waals surface area contributed by atoms with Gasteiger partial charge in [-0.25, -0.2) is 8.42 Å². The topological polar surface area (TPSA) is 82.1 Å². The summed E-state index contributed by atoms with van der Waals surface area (Å²) in [7, 11) is -10.5. The largest absolute Gasteiger partial charge is 0.421 e. The highest BCUT2D eigenvalue weighted by Crippen LogP contribution is 2.20. The first-order valence-electron chi connectivity index (χ1n) is 5.68. The molecule has 112 valence electrons. The first-order chi connectivity index (χ1) is 8.58. The normalized spacial score (nSPS) is 15.8. The first kappa shape index (κ1) is 18.7. The summed E-state index contributed by atoms with van der Waals surface area (Å²) in [6.45, 7) is 12.2. The lowest BCUT2D eigenvalue weighted by Crippen LogP contribution is -2.56. The molecule has 0 aromatic rings. The van der Waals surface area contributed by atoms with Crippen molar-refractivity contribution in [2.24, 2.45) is 0 Å². The fourth-order valence-electron chi connectivity index (χ4n) is 1.29. The van der Waals surface area contributed by atoms with Crippen molar-refractivity contribution in [1.29, 1.82) is 0 Å². The molecule has 0 radical (unpaired) electrons. The van der Waals surface area contributed by atoms with Gasteiger partial charge in [0, 0.05) is 0 Å². The Morgan fingerprint density at radius 2 is 1.68 bits per heavy atom. The maximum absolute atomic E-state index is 11.5. The molecule has 0 amide bonds. The summed E-state index contributed by atoms with van der Waals surface area (Å²) in [5, 5.41) is 0. The molecule has 19 heavy (non-hydrogen) atoms. The van der Waals surface area contributed by atoms with Crippen LogP contribution in [0.3, 0.4) is 0 Å². The summed E-state index contributed by atoms with van der Waals surface area (Å²) >= 11 is 0. The average Bonchev–Trinajstić information content (AvgIpc) is 2.24. The van der Waals surface area contributed by atoms with E-state index in [9.17, 15) is 13.0 Å². The quantitative estimate of drug-likeness (QED) is 0.284. The fraction of sp³-hybridized carbons (Fsp3) is 0.600. The van der Waals surface area contributed by atoms with E-state index >= 15 is 0 Å². The second kappa shape index (κ2) is 7.48. The molecule has 0 aliphatic carbocycles. The van der Waals surface area contributed by atoms with Crippen LogP contribution in [0, 0.1) is 0 Å². The molecule has 1 N–H and O–H groups in total. The van der Waals surface area contributed by atoms with Crippen LogP contribution >= 0.6 is 0 Å². The number of hydrogen-bond acceptors (Lipinski definition) is 5. The van der Waals surface area contributed by atoms with E-state index in [1.807, 2.05) is 0 Å². The van der Waals surface area contributed by atoms with Gasteiger partial charge in [-0.3, -0.25) is 4.55 Å². The summed E-state index contributed by atoms with van der Waals surface area (Å²) in [5.74, 6) is 0. The van der Waals surface area contributed by atoms with Gasteiger partial charge in [0.05, 0.1) is 19.4 Å². The number of hydrogen-bond donors (Lipinski definition) is 1. The summed E-state index contributed by atoms with van der Waals surface area (Å²) in [6, 6.07) is 0. The Morgan fingerprint density at radius 3 is 2.11 bits per heavy atom. The number of rotatable bonds is 10. The molecular weight excluding hydrogens is 304 g/mol. The Morgan fingerprint density at radius 1 is 1.16 bits per heavy atom. The monoisotopic (exact) mass is 326 g/mol. The Balaban J connectivity index is 4.95. The molecule has 0 aliphatic rings. The Hall–Kier alpha value is -0.296. The summed E-state index contributed by atoms with van der Waals surface area (Å²) in [5.41, 5.74) is 0. The zero-order chi connectivity index (χ0) is 15.2. The summed E-state index contributed by atoms with van der Waals surface area (Å²) in [4.78, 5) is 0. The Labute approximate surface area is 116 Å². The van der Waals surface area contributed by atoms with Gasteiger partial charge in [-0.1, -0.05) is 12.2 Å². The zero-order valence-corrected chi connectivity index (χ0v) is 14.4. The molecule has 0 aromatic heterocycles. The van der Waals surface area contributed by atoms with Gasteiger partial charge in [-0.05, 0) is 19.6 Å². The van der Waals surface area contributed by atoms with Gasteiger partial charge in [0.2, 0.25) is 0 Å². The minimum atomic E-state index is -4.32. The van der Waals surface area contributed by atoms with Gasteiger partial charge in [0.25, 0.3) is 9.57 Å². The summed E-state index contributed by atoms with van der Waals surface area (Å²) in [6.07, 6.45) is 2.87. The van der Waals surface area contributed by atoms with Crippen LogP contribution in [0.25, 0.3) is 0 Å². The molecule has 0 rings (SSSR count).